The summed E-state index contributed by atoms with van der Waals surface area (Å²) in [6.45, 7) is 1.87. The van der Waals surface area contributed by atoms with Crippen molar-refractivity contribution >= 4 is 32.9 Å². The molecule has 0 amide bonds. The van der Waals surface area contributed by atoms with Gasteiger partial charge in [0.15, 0.2) is 0 Å². The Morgan fingerprint density at radius 1 is 0.977 bits per heavy atom. The minimum Gasteiger partial charge on any atom is -0.489 e. The van der Waals surface area contributed by atoms with E-state index in [2.05, 4.69) is 9.08 Å². The van der Waals surface area contributed by atoms with Gasteiger partial charge in [-0.25, -0.2) is 4.39 Å². The van der Waals surface area contributed by atoms with Crippen molar-refractivity contribution in [3.8, 4) is 11.5 Å². The third-order valence-electron chi connectivity index (χ3n) is 7.57. The number of hydrogen-bond acceptors (Lipinski definition) is 5. The van der Waals surface area contributed by atoms with E-state index in [9.17, 15) is 30.4 Å². The number of alkyl halides is 4. The van der Waals surface area contributed by atoms with Crippen molar-refractivity contribution in [2.24, 2.45) is 0 Å². The van der Waals surface area contributed by atoms with Crippen molar-refractivity contribution in [2.75, 3.05) is 26.3 Å². The molecule has 3 aromatic carbocycles. The molecule has 1 aliphatic heterocycles. The molecule has 1 atom stereocenters. The van der Waals surface area contributed by atoms with E-state index >= 15 is 0 Å². The number of rotatable bonds is 9. The van der Waals surface area contributed by atoms with Gasteiger partial charge in [-0.1, -0.05) is 41.9 Å². The predicted octanol–water partition coefficient (Wildman–Crippen LogP) is 7.82. The maximum absolute atomic E-state index is 14.6. The Labute approximate surface area is 252 Å². The van der Waals surface area contributed by atoms with E-state index in [-0.39, 0.29) is 17.8 Å². The van der Waals surface area contributed by atoms with Gasteiger partial charge in [0, 0.05) is 19.6 Å². The van der Waals surface area contributed by atoms with E-state index in [0.29, 0.717) is 66.8 Å². The third-order valence-corrected chi connectivity index (χ3v) is 8.93. The first-order valence-electron chi connectivity index (χ1n) is 13.8. The monoisotopic (exact) mass is 641 g/mol. The highest BCUT2D eigenvalue weighted by atomic mass is 35.5. The van der Waals surface area contributed by atoms with Crippen molar-refractivity contribution in [2.45, 2.75) is 43.7 Å². The number of hydrogen-bond donors (Lipinski definition) is 0. The Hall–Kier alpha value is -3.15. The first kappa shape index (κ1) is 31.3. The van der Waals surface area contributed by atoms with E-state index in [1.165, 1.54) is 24.3 Å². The maximum atomic E-state index is 14.6. The van der Waals surface area contributed by atoms with Gasteiger partial charge in [0.1, 0.15) is 23.4 Å². The standard InChI is InChI=1S/C31H29ClF5NO4S/c32-30-27(6-2-7-28(30)34)26-5-1-4-21-18-23(42-43(39,40)31(35,36)37)12-13-25(21)29(26)20-8-10-22(11-9-20)41-24-14-17-38(19-24)16-3-15-33/h2,6-13,18,24H,1,3-5,14-17,19H2/t24-/m0/s1. The molecule has 1 fully saturated rings. The van der Waals surface area contributed by atoms with E-state index in [1.54, 1.807) is 12.1 Å². The van der Waals surface area contributed by atoms with Crippen LogP contribution in [-0.4, -0.2) is 51.2 Å². The summed E-state index contributed by atoms with van der Waals surface area (Å²) < 4.78 is 99.8. The largest absolute Gasteiger partial charge is 0.534 e. The molecule has 0 aromatic heterocycles. The van der Waals surface area contributed by atoms with E-state index in [4.69, 9.17) is 16.3 Å². The van der Waals surface area contributed by atoms with Gasteiger partial charge in [0.25, 0.3) is 0 Å². The third kappa shape index (κ3) is 6.99. The molecule has 1 aliphatic carbocycles. The molecule has 0 saturated carbocycles. The van der Waals surface area contributed by atoms with Crippen LogP contribution in [0.1, 0.15) is 47.9 Å². The van der Waals surface area contributed by atoms with E-state index in [1.807, 2.05) is 24.3 Å². The van der Waals surface area contributed by atoms with Gasteiger partial charge in [0.05, 0.1) is 11.7 Å². The molecule has 0 N–H and O–H groups in total. The van der Waals surface area contributed by atoms with Gasteiger partial charge >= 0.3 is 15.6 Å². The van der Waals surface area contributed by atoms with Crippen molar-refractivity contribution in [1.82, 2.24) is 4.90 Å². The molecule has 43 heavy (non-hydrogen) atoms. The molecular formula is C31H29ClF5NO4S. The normalized spacial score (nSPS) is 18.0. The van der Waals surface area contributed by atoms with Crippen LogP contribution in [0.2, 0.25) is 5.02 Å². The summed E-state index contributed by atoms with van der Waals surface area (Å²) in [6.07, 6.45) is 2.69. The van der Waals surface area contributed by atoms with Gasteiger partial charge in [0.2, 0.25) is 0 Å². The molecule has 5 nitrogen and oxygen atoms in total. The zero-order chi connectivity index (χ0) is 30.8. The van der Waals surface area contributed by atoms with Gasteiger partial charge < -0.3 is 8.92 Å². The van der Waals surface area contributed by atoms with Gasteiger partial charge in [-0.05, 0) is 95.8 Å². The lowest BCUT2D eigenvalue weighted by molar-refractivity contribution is -0.0500. The average molecular weight is 642 g/mol. The van der Waals surface area contributed by atoms with Crippen LogP contribution in [0.15, 0.2) is 60.7 Å². The molecule has 5 rings (SSSR count). The molecule has 3 aromatic rings. The molecule has 0 spiro atoms. The van der Waals surface area contributed by atoms with Crippen LogP contribution in [0.5, 0.6) is 11.5 Å². The first-order valence-corrected chi connectivity index (χ1v) is 15.6. The quantitative estimate of drug-likeness (QED) is 0.136. The van der Waals surface area contributed by atoms with Crippen molar-refractivity contribution in [3.05, 3.63) is 93.8 Å². The fourth-order valence-electron chi connectivity index (χ4n) is 5.60. The molecule has 0 bridgehead atoms. The zero-order valence-electron chi connectivity index (χ0n) is 23.0. The number of ether oxygens (including phenoxy) is 1. The molecule has 2 aliphatic rings. The SMILES string of the molecule is O=S(=O)(Oc1ccc2c(c1)CCCC(c1cccc(F)c1Cl)=C2c1ccc(O[C@H]2CCN(CCCF)C2)cc1)C(F)(F)F. The second kappa shape index (κ2) is 12.8. The summed E-state index contributed by atoms with van der Waals surface area (Å²) in [5.41, 5.74) is -1.70. The number of nitrogens with zero attached hydrogens (tertiary/aromatic N) is 1. The number of halogens is 6. The van der Waals surface area contributed by atoms with Crippen LogP contribution >= 0.6 is 11.6 Å². The second-order valence-corrected chi connectivity index (χ2v) is 12.4. The maximum Gasteiger partial charge on any atom is 0.534 e. The van der Waals surface area contributed by atoms with Crippen molar-refractivity contribution < 1.29 is 39.3 Å². The molecule has 230 valence electrons. The summed E-state index contributed by atoms with van der Waals surface area (Å²) in [4.78, 5) is 2.17. The topological polar surface area (TPSA) is 55.8 Å². The van der Waals surface area contributed by atoms with E-state index in [0.717, 1.165) is 24.1 Å². The Morgan fingerprint density at radius 2 is 1.72 bits per heavy atom. The molecule has 12 heteroatoms. The number of likely N-dealkylation sites (tertiary alicyclic amines) is 1. The zero-order valence-corrected chi connectivity index (χ0v) is 24.5. The number of aryl methyl sites for hydroxylation is 1. The molecule has 0 radical (unpaired) electrons. The Balaban J connectivity index is 1.52. The first-order chi connectivity index (χ1) is 20.5. The van der Waals surface area contributed by atoms with Gasteiger partial charge in [-0.3, -0.25) is 9.29 Å². The highest BCUT2D eigenvalue weighted by Crippen LogP contribution is 2.43. The van der Waals surface area contributed by atoms with Crippen LogP contribution in [0.25, 0.3) is 11.1 Å². The smallest absolute Gasteiger partial charge is 0.489 e. The highest BCUT2D eigenvalue weighted by Gasteiger charge is 2.48. The summed E-state index contributed by atoms with van der Waals surface area (Å²) in [7, 11) is -5.84. The van der Waals surface area contributed by atoms with Crippen LogP contribution in [0.4, 0.5) is 22.0 Å². The van der Waals surface area contributed by atoms with Gasteiger partial charge in [-0.2, -0.15) is 21.6 Å². The molecule has 0 unspecified atom stereocenters. The van der Waals surface area contributed by atoms with Crippen molar-refractivity contribution in [1.29, 1.82) is 0 Å². The lowest BCUT2D eigenvalue weighted by Crippen LogP contribution is -2.28. The number of benzene rings is 3. The van der Waals surface area contributed by atoms with Crippen LogP contribution < -0.4 is 8.92 Å². The van der Waals surface area contributed by atoms with Gasteiger partial charge in [-0.15, -0.1) is 0 Å². The summed E-state index contributed by atoms with van der Waals surface area (Å²) >= 11 is 6.42. The van der Waals surface area contributed by atoms with Crippen molar-refractivity contribution in [3.63, 3.8) is 0 Å². The number of fused-ring (bicyclic) bond motifs is 1. The molecule has 1 heterocycles. The fourth-order valence-corrected chi connectivity index (χ4v) is 6.29. The summed E-state index contributed by atoms with van der Waals surface area (Å²) in [5, 5.41) is -0.0480. The lowest BCUT2D eigenvalue weighted by Gasteiger charge is -2.19. The molecular weight excluding hydrogens is 613 g/mol. The fraction of sp³-hybridized carbons (Fsp3) is 0.355. The summed E-state index contributed by atoms with van der Waals surface area (Å²) in [6, 6.07) is 15.8. The lowest BCUT2D eigenvalue weighted by atomic mass is 9.87. The predicted molar refractivity (Wildman–Crippen MR) is 155 cm³/mol. The van der Waals surface area contributed by atoms with Crippen LogP contribution in [0.3, 0.4) is 0 Å². The Kier molecular flexibility index (Phi) is 9.34. The summed E-state index contributed by atoms with van der Waals surface area (Å²) in [5.74, 6) is -0.400. The minimum absolute atomic E-state index is 0.0312. The highest BCUT2D eigenvalue weighted by molar-refractivity contribution is 7.88. The number of allylic oxidation sites excluding steroid dienone is 1. The average Bonchev–Trinajstić information content (AvgIpc) is 3.32. The second-order valence-electron chi connectivity index (χ2n) is 10.5. The Bertz CT molecular complexity index is 1610. The van der Waals surface area contributed by atoms with Crippen LogP contribution in [-0.2, 0) is 16.5 Å². The minimum atomic E-state index is -5.84. The van der Waals surface area contributed by atoms with Crippen LogP contribution in [0, 0.1) is 5.82 Å². The van der Waals surface area contributed by atoms with E-state index < -0.39 is 27.2 Å². The molecule has 1 saturated heterocycles. The Morgan fingerprint density at radius 3 is 2.44 bits per heavy atom.